The third-order valence-corrected chi connectivity index (χ3v) is 4.07. The molecule has 0 saturated heterocycles. The molecular formula is C19H24N2O3. The maximum absolute atomic E-state index is 13.0. The predicted octanol–water partition coefficient (Wildman–Crippen LogP) is 3.12. The fourth-order valence-corrected chi connectivity index (χ4v) is 2.91. The van der Waals surface area contributed by atoms with Crippen LogP contribution in [0.3, 0.4) is 0 Å². The highest BCUT2D eigenvalue weighted by Gasteiger charge is 2.24. The first-order valence-electron chi connectivity index (χ1n) is 7.98. The highest BCUT2D eigenvalue weighted by atomic mass is 16.5. The summed E-state index contributed by atoms with van der Waals surface area (Å²) >= 11 is 0. The zero-order valence-electron chi connectivity index (χ0n) is 14.7. The molecule has 1 aromatic carbocycles. The minimum absolute atomic E-state index is 0.0354. The number of hydrogen-bond acceptors (Lipinski definition) is 3. The van der Waals surface area contributed by atoms with Crippen LogP contribution in [0.4, 0.5) is 0 Å². The standard InChI is InChI=1S/C19H24N2O3/c1-13-17(15(3)22)14(2)20-18(13)19(23)21(10-11-24-4)12-16-8-6-5-7-9-16/h5-9,20H,10-12H2,1-4H3. The van der Waals surface area contributed by atoms with E-state index in [9.17, 15) is 9.59 Å². The predicted molar refractivity (Wildman–Crippen MR) is 93.3 cm³/mol. The van der Waals surface area contributed by atoms with E-state index in [0.29, 0.717) is 36.5 Å². The third kappa shape index (κ3) is 3.92. The van der Waals surface area contributed by atoms with E-state index < -0.39 is 0 Å². The van der Waals surface area contributed by atoms with Gasteiger partial charge < -0.3 is 14.6 Å². The van der Waals surface area contributed by atoms with Crippen LogP contribution in [-0.4, -0.2) is 41.8 Å². The van der Waals surface area contributed by atoms with Crippen molar-refractivity contribution in [3.05, 3.63) is 58.4 Å². The van der Waals surface area contributed by atoms with Crippen LogP contribution >= 0.6 is 0 Å². The second kappa shape index (κ2) is 7.93. The summed E-state index contributed by atoms with van der Waals surface area (Å²) in [6, 6.07) is 9.82. The van der Waals surface area contributed by atoms with Gasteiger partial charge in [0.25, 0.3) is 5.91 Å². The van der Waals surface area contributed by atoms with Gasteiger partial charge in [-0.15, -0.1) is 0 Å². The van der Waals surface area contributed by atoms with Gasteiger partial charge in [0.05, 0.1) is 6.61 Å². The molecule has 2 aromatic rings. The zero-order valence-corrected chi connectivity index (χ0v) is 14.7. The van der Waals surface area contributed by atoms with Gasteiger partial charge in [-0.1, -0.05) is 30.3 Å². The Morgan fingerprint density at radius 1 is 1.17 bits per heavy atom. The van der Waals surface area contributed by atoms with Crippen LogP contribution < -0.4 is 0 Å². The number of methoxy groups -OCH3 is 1. The van der Waals surface area contributed by atoms with Crippen molar-refractivity contribution in [1.29, 1.82) is 0 Å². The molecule has 0 saturated carbocycles. The number of nitrogens with zero attached hydrogens (tertiary/aromatic N) is 1. The van der Waals surface area contributed by atoms with Gasteiger partial charge >= 0.3 is 0 Å². The second-order valence-electron chi connectivity index (χ2n) is 5.89. The monoisotopic (exact) mass is 328 g/mol. The Balaban J connectivity index is 2.31. The lowest BCUT2D eigenvalue weighted by molar-refractivity contribution is 0.0674. The van der Waals surface area contributed by atoms with Crippen LogP contribution in [0, 0.1) is 13.8 Å². The fourth-order valence-electron chi connectivity index (χ4n) is 2.91. The minimum atomic E-state index is -0.121. The summed E-state index contributed by atoms with van der Waals surface area (Å²) in [5.41, 5.74) is 3.57. The first-order chi connectivity index (χ1) is 11.5. The van der Waals surface area contributed by atoms with E-state index in [0.717, 1.165) is 11.3 Å². The molecule has 1 heterocycles. The van der Waals surface area contributed by atoms with E-state index >= 15 is 0 Å². The van der Waals surface area contributed by atoms with Gasteiger partial charge in [-0.05, 0) is 31.9 Å². The average molecular weight is 328 g/mol. The number of carbonyl (C=O) groups excluding carboxylic acids is 2. The molecule has 0 radical (unpaired) electrons. The van der Waals surface area contributed by atoms with Crippen molar-refractivity contribution in [2.45, 2.75) is 27.3 Å². The molecule has 0 bridgehead atoms. The molecule has 24 heavy (non-hydrogen) atoms. The average Bonchev–Trinajstić information content (AvgIpc) is 2.86. The number of aromatic nitrogens is 1. The first-order valence-corrected chi connectivity index (χ1v) is 7.98. The maximum atomic E-state index is 13.0. The summed E-state index contributed by atoms with van der Waals surface area (Å²) in [6.45, 7) is 6.58. The van der Waals surface area contributed by atoms with Gasteiger partial charge in [-0.3, -0.25) is 9.59 Å². The van der Waals surface area contributed by atoms with Gasteiger partial charge in [0.2, 0.25) is 0 Å². The van der Waals surface area contributed by atoms with Crippen molar-refractivity contribution >= 4 is 11.7 Å². The molecule has 0 aliphatic rings. The Morgan fingerprint density at radius 2 is 1.83 bits per heavy atom. The van der Waals surface area contributed by atoms with E-state index in [1.54, 1.807) is 12.0 Å². The summed E-state index contributed by atoms with van der Waals surface area (Å²) in [5, 5.41) is 0. The third-order valence-electron chi connectivity index (χ3n) is 4.07. The van der Waals surface area contributed by atoms with Crippen molar-refractivity contribution in [3.63, 3.8) is 0 Å². The van der Waals surface area contributed by atoms with Crippen molar-refractivity contribution < 1.29 is 14.3 Å². The molecule has 0 atom stereocenters. The van der Waals surface area contributed by atoms with Gasteiger partial charge in [-0.2, -0.15) is 0 Å². The lowest BCUT2D eigenvalue weighted by atomic mass is 10.1. The normalized spacial score (nSPS) is 10.7. The quantitative estimate of drug-likeness (QED) is 0.794. The number of carbonyl (C=O) groups is 2. The van der Waals surface area contributed by atoms with Crippen LogP contribution in [0.5, 0.6) is 0 Å². The van der Waals surface area contributed by atoms with Crippen LogP contribution in [-0.2, 0) is 11.3 Å². The Bertz CT molecular complexity index is 720. The van der Waals surface area contributed by atoms with Crippen molar-refractivity contribution in [1.82, 2.24) is 9.88 Å². The Hall–Kier alpha value is -2.40. The SMILES string of the molecule is COCCN(Cc1ccccc1)C(=O)c1[nH]c(C)c(C(C)=O)c1C. The molecular weight excluding hydrogens is 304 g/mol. The topological polar surface area (TPSA) is 62.4 Å². The van der Waals surface area contributed by atoms with Crippen LogP contribution in [0.15, 0.2) is 30.3 Å². The lowest BCUT2D eigenvalue weighted by Crippen LogP contribution is -2.34. The largest absolute Gasteiger partial charge is 0.383 e. The number of aryl methyl sites for hydroxylation is 1. The number of amides is 1. The number of benzene rings is 1. The first kappa shape index (κ1) is 17.9. The van der Waals surface area contributed by atoms with Crippen LogP contribution in [0.2, 0.25) is 0 Å². The zero-order chi connectivity index (χ0) is 17.7. The molecule has 0 aliphatic carbocycles. The Labute approximate surface area is 142 Å². The van der Waals surface area contributed by atoms with E-state index in [-0.39, 0.29) is 11.7 Å². The van der Waals surface area contributed by atoms with E-state index in [1.807, 2.05) is 44.2 Å². The molecule has 0 fully saturated rings. The molecule has 128 valence electrons. The number of ketones is 1. The minimum Gasteiger partial charge on any atom is -0.383 e. The number of ether oxygens (including phenoxy) is 1. The van der Waals surface area contributed by atoms with E-state index in [1.165, 1.54) is 6.92 Å². The molecule has 1 amide bonds. The highest BCUT2D eigenvalue weighted by Crippen LogP contribution is 2.20. The van der Waals surface area contributed by atoms with Gasteiger partial charge in [-0.25, -0.2) is 0 Å². The number of nitrogens with one attached hydrogen (secondary N) is 1. The van der Waals surface area contributed by atoms with E-state index in [2.05, 4.69) is 4.98 Å². The van der Waals surface area contributed by atoms with Gasteiger partial charge in [0.15, 0.2) is 5.78 Å². The van der Waals surface area contributed by atoms with Gasteiger partial charge in [0, 0.05) is 31.5 Å². The molecule has 1 N–H and O–H groups in total. The molecule has 1 aromatic heterocycles. The summed E-state index contributed by atoms with van der Waals surface area (Å²) in [4.78, 5) is 29.6. The number of aromatic amines is 1. The summed E-state index contributed by atoms with van der Waals surface area (Å²) < 4.78 is 5.14. The maximum Gasteiger partial charge on any atom is 0.270 e. The molecule has 0 spiro atoms. The van der Waals surface area contributed by atoms with Crippen molar-refractivity contribution in [2.75, 3.05) is 20.3 Å². The van der Waals surface area contributed by atoms with Crippen LogP contribution in [0.1, 0.15) is 44.6 Å². The van der Waals surface area contributed by atoms with Crippen molar-refractivity contribution in [3.8, 4) is 0 Å². The Morgan fingerprint density at radius 3 is 2.38 bits per heavy atom. The molecule has 2 rings (SSSR count). The summed E-state index contributed by atoms with van der Waals surface area (Å²) in [5.74, 6) is -0.157. The molecule has 5 nitrogen and oxygen atoms in total. The highest BCUT2D eigenvalue weighted by molar-refractivity contribution is 6.02. The summed E-state index contributed by atoms with van der Waals surface area (Å²) in [7, 11) is 1.61. The Kier molecular flexibility index (Phi) is 5.93. The molecule has 0 aliphatic heterocycles. The van der Waals surface area contributed by atoms with Gasteiger partial charge in [0.1, 0.15) is 5.69 Å². The van der Waals surface area contributed by atoms with Crippen molar-refractivity contribution in [2.24, 2.45) is 0 Å². The summed E-state index contributed by atoms with van der Waals surface area (Å²) in [6.07, 6.45) is 0. The number of Topliss-reactive ketones (excluding diaryl/α,β-unsaturated/α-hetero) is 1. The number of hydrogen-bond donors (Lipinski definition) is 1. The second-order valence-corrected chi connectivity index (χ2v) is 5.89. The number of rotatable bonds is 7. The van der Waals surface area contributed by atoms with Crippen LogP contribution in [0.25, 0.3) is 0 Å². The van der Waals surface area contributed by atoms with E-state index in [4.69, 9.17) is 4.74 Å². The molecule has 5 heteroatoms. The molecule has 0 unspecified atom stereocenters. The lowest BCUT2D eigenvalue weighted by Gasteiger charge is -2.22. The number of H-pyrrole nitrogens is 1. The fraction of sp³-hybridized carbons (Fsp3) is 0.368. The smallest absolute Gasteiger partial charge is 0.270 e.